The zero-order valence-corrected chi connectivity index (χ0v) is 26.0. The van der Waals surface area contributed by atoms with Crippen LogP contribution < -0.4 is 0 Å². The Bertz CT molecular complexity index is 1040. The van der Waals surface area contributed by atoms with Gasteiger partial charge in [0.15, 0.2) is 0 Å². The monoisotopic (exact) mass is 596 g/mol. The molecule has 1 saturated carbocycles. The van der Waals surface area contributed by atoms with Crippen LogP contribution in [0.15, 0.2) is 23.8 Å². The molecular weight excluding hydrogens is 548 g/mol. The number of carbonyl (C=O) groups excluding carboxylic acids is 4. The largest absolute Gasteiger partial charge is 0.469 e. The van der Waals surface area contributed by atoms with Gasteiger partial charge in [0.1, 0.15) is 24.4 Å². The van der Waals surface area contributed by atoms with Crippen LogP contribution >= 0.6 is 0 Å². The Hall–Kier alpha value is -2.76. The minimum atomic E-state index is -1.66. The Morgan fingerprint density at radius 1 is 1.02 bits per heavy atom. The average molecular weight is 597 g/mol. The number of hydrogen-bond donors (Lipinski definition) is 2. The fraction of sp³-hybridized carbons (Fsp3) is 0.742. The van der Waals surface area contributed by atoms with Gasteiger partial charge in [0.2, 0.25) is 0 Å². The van der Waals surface area contributed by atoms with Gasteiger partial charge in [-0.3, -0.25) is 24.4 Å². The van der Waals surface area contributed by atoms with Gasteiger partial charge in [0, 0.05) is 25.2 Å². The number of methoxy groups -OCH3 is 1. The summed E-state index contributed by atoms with van der Waals surface area (Å²) in [6.45, 7) is 13.9. The first-order chi connectivity index (χ1) is 19.4. The van der Waals surface area contributed by atoms with E-state index < -0.39 is 53.2 Å². The van der Waals surface area contributed by atoms with Gasteiger partial charge in [-0.25, -0.2) is 4.89 Å². The topological polar surface area (TPSA) is 155 Å². The average Bonchev–Trinajstić information content (AvgIpc) is 3.21. The van der Waals surface area contributed by atoms with Crippen molar-refractivity contribution < 1.29 is 53.4 Å². The summed E-state index contributed by atoms with van der Waals surface area (Å²) in [6, 6.07) is 0. The molecule has 1 fully saturated rings. The molecule has 0 aromatic carbocycles. The second-order valence-corrected chi connectivity index (χ2v) is 12.7. The number of hydrogen-bond acceptors (Lipinski definition) is 11. The third-order valence-electron chi connectivity index (χ3n) is 8.74. The Balaban J connectivity index is 2.45. The highest BCUT2D eigenvalue weighted by atomic mass is 17.1. The fourth-order valence-electron chi connectivity index (χ4n) is 6.56. The highest BCUT2D eigenvalue weighted by Crippen LogP contribution is 2.56. The molecule has 42 heavy (non-hydrogen) atoms. The first kappa shape index (κ1) is 35.4. The van der Waals surface area contributed by atoms with Crippen molar-refractivity contribution in [3.05, 3.63) is 23.8 Å². The molecule has 0 heterocycles. The van der Waals surface area contributed by atoms with Crippen molar-refractivity contribution >= 4 is 23.9 Å². The zero-order chi connectivity index (χ0) is 31.9. The van der Waals surface area contributed by atoms with Crippen molar-refractivity contribution in [3.63, 3.8) is 0 Å². The number of rotatable bonds is 10. The summed E-state index contributed by atoms with van der Waals surface area (Å²) in [5.74, 6) is -2.36. The molecule has 0 aliphatic heterocycles. The minimum absolute atomic E-state index is 0.0572. The van der Waals surface area contributed by atoms with Crippen LogP contribution in [0.2, 0.25) is 0 Å². The van der Waals surface area contributed by atoms with Gasteiger partial charge >= 0.3 is 23.9 Å². The van der Waals surface area contributed by atoms with Crippen LogP contribution in [0.1, 0.15) is 92.9 Å². The number of esters is 4. The van der Waals surface area contributed by atoms with E-state index in [9.17, 15) is 29.5 Å². The van der Waals surface area contributed by atoms with E-state index in [-0.39, 0.29) is 30.8 Å². The molecule has 0 saturated heterocycles. The molecule has 6 unspecified atom stereocenters. The van der Waals surface area contributed by atoms with Crippen molar-refractivity contribution in [1.82, 2.24) is 0 Å². The first-order valence-electron chi connectivity index (χ1n) is 14.4. The lowest BCUT2D eigenvalue weighted by molar-refractivity contribution is -0.270. The first-order valence-corrected chi connectivity index (χ1v) is 14.4. The molecule has 0 bridgehead atoms. The van der Waals surface area contributed by atoms with Crippen LogP contribution in [0, 0.1) is 17.3 Å². The van der Waals surface area contributed by atoms with Crippen LogP contribution in [0.25, 0.3) is 0 Å². The van der Waals surface area contributed by atoms with E-state index in [1.165, 1.54) is 27.9 Å². The standard InChI is InChI=1S/C31H48O11/c1-19-9-11-24-23(29(4,5)41-21(3)33)13-14-31(24,7)26(40-20(2)32)15-22(10-12-25(19)42-37)18-39-28(35)17-30(6,36)16-27(34)38-8/h15,23-26,36-37H,1,9-14,16-18H2,2-8H3. The lowest BCUT2D eigenvalue weighted by atomic mass is 9.67. The summed E-state index contributed by atoms with van der Waals surface area (Å²) >= 11 is 0. The molecule has 6 atom stereocenters. The highest BCUT2D eigenvalue weighted by molar-refractivity contribution is 5.74. The summed E-state index contributed by atoms with van der Waals surface area (Å²) in [5, 5.41) is 20.1. The van der Waals surface area contributed by atoms with Crippen molar-refractivity contribution in [2.75, 3.05) is 13.7 Å². The third-order valence-corrected chi connectivity index (χ3v) is 8.74. The van der Waals surface area contributed by atoms with Crippen molar-refractivity contribution in [2.45, 2.75) is 116 Å². The molecular formula is C31H48O11. The molecule has 11 heteroatoms. The van der Waals surface area contributed by atoms with Crippen molar-refractivity contribution in [1.29, 1.82) is 0 Å². The Labute approximate surface area is 248 Å². The molecule has 2 aliphatic carbocycles. The van der Waals surface area contributed by atoms with Gasteiger partial charge in [-0.05, 0) is 82.4 Å². The van der Waals surface area contributed by atoms with E-state index in [0.29, 0.717) is 43.3 Å². The molecule has 0 aromatic heterocycles. The van der Waals surface area contributed by atoms with Gasteiger partial charge in [-0.2, -0.15) is 0 Å². The second kappa shape index (κ2) is 14.6. The summed E-state index contributed by atoms with van der Waals surface area (Å²) < 4.78 is 21.8. The van der Waals surface area contributed by atoms with E-state index in [1.807, 2.05) is 13.8 Å². The van der Waals surface area contributed by atoms with Gasteiger partial charge in [0.25, 0.3) is 0 Å². The maximum Gasteiger partial charge on any atom is 0.309 e. The fourth-order valence-corrected chi connectivity index (χ4v) is 6.56. The Morgan fingerprint density at radius 3 is 2.24 bits per heavy atom. The summed E-state index contributed by atoms with van der Waals surface area (Å²) in [5.41, 5.74) is -1.69. The van der Waals surface area contributed by atoms with Gasteiger partial charge in [0.05, 0.1) is 25.6 Å². The maximum atomic E-state index is 12.7. The molecule has 0 radical (unpaired) electrons. The Morgan fingerprint density at radius 2 is 1.67 bits per heavy atom. The number of carbonyl (C=O) groups is 4. The SMILES string of the molecule is C=C1CCC2C(C(C)(C)OC(C)=O)CCC2(C)C(OC(C)=O)C=C(COC(=O)CC(C)(O)CC(=O)OC)CCC1OO. The van der Waals surface area contributed by atoms with E-state index in [1.54, 1.807) is 6.08 Å². The van der Waals surface area contributed by atoms with E-state index in [0.717, 1.165) is 6.42 Å². The lowest BCUT2D eigenvalue weighted by Crippen LogP contribution is -2.45. The van der Waals surface area contributed by atoms with Crippen molar-refractivity contribution in [2.24, 2.45) is 17.3 Å². The molecule has 2 N–H and O–H groups in total. The Kier molecular flexibility index (Phi) is 12.3. The van der Waals surface area contributed by atoms with Crippen LogP contribution in [-0.2, 0) is 43.0 Å². The molecule has 11 nitrogen and oxygen atoms in total. The molecule has 2 aliphatic rings. The van der Waals surface area contributed by atoms with Gasteiger partial charge in [-0.15, -0.1) is 0 Å². The second-order valence-electron chi connectivity index (χ2n) is 12.7. The van der Waals surface area contributed by atoms with Crippen LogP contribution in [0.4, 0.5) is 0 Å². The maximum absolute atomic E-state index is 12.7. The minimum Gasteiger partial charge on any atom is -0.469 e. The van der Waals surface area contributed by atoms with Crippen molar-refractivity contribution in [3.8, 4) is 0 Å². The predicted octanol–water partition coefficient (Wildman–Crippen LogP) is 4.45. The smallest absolute Gasteiger partial charge is 0.309 e. The summed E-state index contributed by atoms with van der Waals surface area (Å²) in [4.78, 5) is 53.3. The lowest BCUT2D eigenvalue weighted by Gasteiger charge is -2.43. The number of ether oxygens (including phenoxy) is 4. The van der Waals surface area contributed by atoms with Gasteiger partial charge in [-0.1, -0.05) is 13.5 Å². The number of fused-ring (bicyclic) bond motifs is 1. The molecule has 238 valence electrons. The molecule has 0 aromatic rings. The van der Waals surface area contributed by atoms with Crippen LogP contribution in [0.5, 0.6) is 0 Å². The molecule has 2 rings (SSSR count). The van der Waals surface area contributed by atoms with Gasteiger partial charge < -0.3 is 24.1 Å². The molecule has 0 spiro atoms. The summed E-state index contributed by atoms with van der Waals surface area (Å²) in [7, 11) is 1.19. The zero-order valence-electron chi connectivity index (χ0n) is 26.0. The quantitative estimate of drug-likeness (QED) is 0.121. The summed E-state index contributed by atoms with van der Waals surface area (Å²) in [6.07, 6.45) is 2.85. The highest BCUT2D eigenvalue weighted by Gasteiger charge is 2.55. The number of aliphatic hydroxyl groups is 1. The van der Waals surface area contributed by atoms with E-state index >= 15 is 0 Å². The van der Waals surface area contributed by atoms with Crippen LogP contribution in [0.3, 0.4) is 0 Å². The van der Waals surface area contributed by atoms with Crippen LogP contribution in [-0.4, -0.2) is 71.4 Å². The van der Waals surface area contributed by atoms with E-state index in [4.69, 9.17) is 19.1 Å². The van der Waals surface area contributed by atoms with E-state index in [2.05, 4.69) is 18.2 Å². The third kappa shape index (κ3) is 9.64. The molecule has 0 amide bonds. The normalized spacial score (nSPS) is 28.3. The predicted molar refractivity (Wildman–Crippen MR) is 152 cm³/mol.